The standard InChI is InChI=1S/C24H34O2/c1-5-13-26-24(6-2)12-10-21-22-16(3)14-17-15-18(25)7-8-19(17)20(22)9-11-23(21,24)4/h2,15-16,19-22H,5,7-14H2,1,3-4H3/t16?,19?,20?,21?,22?,23-,24-/m0/s1. The third-order valence-electron chi connectivity index (χ3n) is 8.55. The Morgan fingerprint density at radius 2 is 2.12 bits per heavy atom. The molecule has 0 heterocycles. The first-order valence-electron chi connectivity index (χ1n) is 10.8. The van der Waals surface area contributed by atoms with Gasteiger partial charge in [-0.3, -0.25) is 4.79 Å². The van der Waals surface area contributed by atoms with Crippen molar-refractivity contribution in [2.45, 2.75) is 77.7 Å². The molecule has 0 aromatic rings. The SMILES string of the molecule is C#C[C@]1(OCCC)CCC2C3C(C)CC4=CC(=O)CCC4C3CC[C@@]21C. The van der Waals surface area contributed by atoms with Crippen molar-refractivity contribution in [3.8, 4) is 12.3 Å². The second-order valence-corrected chi connectivity index (χ2v) is 9.67. The highest BCUT2D eigenvalue weighted by Gasteiger charge is 2.64. The quantitative estimate of drug-likeness (QED) is 0.653. The molecule has 0 aromatic heterocycles. The normalized spacial score (nSPS) is 47.4. The molecular formula is C24H34O2. The van der Waals surface area contributed by atoms with Gasteiger partial charge in [0.25, 0.3) is 0 Å². The largest absolute Gasteiger partial charge is 0.362 e. The lowest BCUT2D eigenvalue weighted by Crippen LogP contribution is -2.54. The summed E-state index contributed by atoms with van der Waals surface area (Å²) < 4.78 is 6.40. The van der Waals surface area contributed by atoms with Gasteiger partial charge in [-0.25, -0.2) is 0 Å². The van der Waals surface area contributed by atoms with Crippen molar-refractivity contribution in [3.05, 3.63) is 11.6 Å². The lowest BCUT2D eigenvalue weighted by atomic mass is 9.48. The number of ketones is 1. The summed E-state index contributed by atoms with van der Waals surface area (Å²) in [6.45, 7) is 7.78. The molecule has 0 aliphatic heterocycles. The van der Waals surface area contributed by atoms with Gasteiger partial charge in [0.05, 0.1) is 0 Å². The highest BCUT2D eigenvalue weighted by Crippen LogP contribution is 2.66. The average molecular weight is 355 g/mol. The first-order valence-corrected chi connectivity index (χ1v) is 10.8. The van der Waals surface area contributed by atoms with Gasteiger partial charge in [0.15, 0.2) is 5.78 Å². The number of fused-ring (bicyclic) bond motifs is 5. The molecule has 7 atom stereocenters. The van der Waals surface area contributed by atoms with E-state index in [1.54, 1.807) is 0 Å². The summed E-state index contributed by atoms with van der Waals surface area (Å²) in [6.07, 6.45) is 16.7. The van der Waals surface area contributed by atoms with Crippen LogP contribution in [0.3, 0.4) is 0 Å². The predicted molar refractivity (Wildman–Crippen MR) is 104 cm³/mol. The molecule has 0 aromatic carbocycles. The molecule has 0 radical (unpaired) electrons. The molecule has 0 amide bonds. The summed E-state index contributed by atoms with van der Waals surface area (Å²) >= 11 is 0. The first-order chi connectivity index (χ1) is 12.5. The molecule has 2 heteroatoms. The van der Waals surface area contributed by atoms with Crippen LogP contribution in [0.15, 0.2) is 11.6 Å². The van der Waals surface area contributed by atoms with Gasteiger partial charge in [-0.05, 0) is 80.6 Å². The summed E-state index contributed by atoms with van der Waals surface area (Å²) in [6, 6.07) is 0. The van der Waals surface area contributed by atoms with Crippen LogP contribution in [0.5, 0.6) is 0 Å². The maximum absolute atomic E-state index is 11.9. The van der Waals surface area contributed by atoms with Crippen molar-refractivity contribution in [1.29, 1.82) is 0 Å². The van der Waals surface area contributed by atoms with Crippen LogP contribution >= 0.6 is 0 Å². The maximum atomic E-state index is 11.9. The van der Waals surface area contributed by atoms with Crippen LogP contribution in [0.25, 0.3) is 0 Å². The number of allylic oxidation sites excluding steroid dienone is 1. The molecule has 3 saturated carbocycles. The summed E-state index contributed by atoms with van der Waals surface area (Å²) in [5.74, 6) is 6.95. The zero-order valence-corrected chi connectivity index (χ0v) is 16.7. The number of rotatable bonds is 3. The molecule has 142 valence electrons. The van der Waals surface area contributed by atoms with E-state index in [2.05, 4.69) is 26.7 Å². The van der Waals surface area contributed by atoms with E-state index >= 15 is 0 Å². The highest BCUT2D eigenvalue weighted by atomic mass is 16.5. The first kappa shape index (κ1) is 18.3. The minimum Gasteiger partial charge on any atom is -0.362 e. The van der Waals surface area contributed by atoms with E-state index in [-0.39, 0.29) is 11.0 Å². The fraction of sp³-hybridized carbons (Fsp3) is 0.792. The second-order valence-electron chi connectivity index (χ2n) is 9.67. The third-order valence-corrected chi connectivity index (χ3v) is 8.55. The molecule has 0 saturated heterocycles. The zero-order chi connectivity index (χ0) is 18.5. The molecule has 4 aliphatic carbocycles. The summed E-state index contributed by atoms with van der Waals surface area (Å²) in [5, 5.41) is 0. The van der Waals surface area contributed by atoms with E-state index in [0.29, 0.717) is 23.5 Å². The third kappa shape index (κ3) is 2.46. The number of terminal acetylenes is 1. The Balaban J connectivity index is 1.66. The summed E-state index contributed by atoms with van der Waals surface area (Å²) in [7, 11) is 0. The number of carbonyl (C=O) groups excluding carboxylic acids is 1. The average Bonchev–Trinajstić information content (AvgIpc) is 2.92. The van der Waals surface area contributed by atoms with Crippen molar-refractivity contribution in [2.75, 3.05) is 6.61 Å². The lowest BCUT2D eigenvalue weighted by molar-refractivity contribution is -0.129. The number of hydrogen-bond acceptors (Lipinski definition) is 2. The monoisotopic (exact) mass is 354 g/mol. The Labute approximate surface area is 159 Å². The van der Waals surface area contributed by atoms with Crippen LogP contribution in [0.2, 0.25) is 0 Å². The topological polar surface area (TPSA) is 26.3 Å². The Morgan fingerprint density at radius 3 is 2.85 bits per heavy atom. The molecule has 0 spiro atoms. The number of hydrogen-bond donors (Lipinski definition) is 0. The maximum Gasteiger partial charge on any atom is 0.155 e. The van der Waals surface area contributed by atoms with E-state index in [9.17, 15) is 4.79 Å². The van der Waals surface area contributed by atoms with E-state index in [0.717, 1.165) is 50.5 Å². The van der Waals surface area contributed by atoms with Gasteiger partial charge in [-0.15, -0.1) is 6.42 Å². The Morgan fingerprint density at radius 1 is 1.31 bits per heavy atom. The Hall–Kier alpha value is -1.07. The highest BCUT2D eigenvalue weighted by molar-refractivity contribution is 5.91. The van der Waals surface area contributed by atoms with Crippen LogP contribution in [-0.4, -0.2) is 18.0 Å². The smallest absolute Gasteiger partial charge is 0.155 e. The van der Waals surface area contributed by atoms with Crippen molar-refractivity contribution in [3.63, 3.8) is 0 Å². The van der Waals surface area contributed by atoms with Crippen LogP contribution in [0, 0.1) is 47.3 Å². The molecule has 4 rings (SSSR count). The van der Waals surface area contributed by atoms with E-state index in [1.807, 2.05) is 6.08 Å². The van der Waals surface area contributed by atoms with Crippen molar-refractivity contribution < 1.29 is 9.53 Å². The Kier molecular flexibility index (Phi) is 4.59. The number of carbonyl (C=O) groups is 1. The lowest BCUT2D eigenvalue weighted by Gasteiger charge is -2.57. The van der Waals surface area contributed by atoms with Gasteiger partial charge in [-0.2, -0.15) is 0 Å². The van der Waals surface area contributed by atoms with Crippen LogP contribution < -0.4 is 0 Å². The molecule has 0 N–H and O–H groups in total. The molecule has 4 aliphatic rings. The van der Waals surface area contributed by atoms with Gasteiger partial charge in [0.2, 0.25) is 0 Å². The van der Waals surface area contributed by atoms with Crippen LogP contribution in [0.1, 0.15) is 72.1 Å². The van der Waals surface area contributed by atoms with Crippen molar-refractivity contribution >= 4 is 5.78 Å². The molecular weight excluding hydrogens is 320 g/mol. The van der Waals surface area contributed by atoms with Gasteiger partial charge in [0.1, 0.15) is 5.60 Å². The fourth-order valence-corrected chi connectivity index (χ4v) is 7.38. The minimum atomic E-state index is -0.364. The van der Waals surface area contributed by atoms with E-state index < -0.39 is 0 Å². The minimum absolute atomic E-state index is 0.109. The summed E-state index contributed by atoms with van der Waals surface area (Å²) in [5.41, 5.74) is 1.21. The van der Waals surface area contributed by atoms with Crippen LogP contribution in [-0.2, 0) is 9.53 Å². The fourth-order valence-electron chi connectivity index (χ4n) is 7.38. The van der Waals surface area contributed by atoms with Gasteiger partial charge in [0, 0.05) is 18.4 Å². The Bertz CT molecular complexity index is 656. The van der Waals surface area contributed by atoms with Gasteiger partial charge in [-0.1, -0.05) is 32.3 Å². The molecule has 26 heavy (non-hydrogen) atoms. The van der Waals surface area contributed by atoms with E-state index in [4.69, 9.17) is 11.2 Å². The number of ether oxygens (including phenoxy) is 1. The molecule has 3 fully saturated rings. The van der Waals surface area contributed by atoms with E-state index in [1.165, 1.54) is 24.8 Å². The van der Waals surface area contributed by atoms with Crippen LogP contribution in [0.4, 0.5) is 0 Å². The molecule has 5 unspecified atom stereocenters. The zero-order valence-electron chi connectivity index (χ0n) is 16.7. The molecule has 2 nitrogen and oxygen atoms in total. The van der Waals surface area contributed by atoms with Crippen molar-refractivity contribution in [2.24, 2.45) is 35.0 Å². The summed E-state index contributed by atoms with van der Waals surface area (Å²) in [4.78, 5) is 11.9. The molecule has 0 bridgehead atoms. The van der Waals surface area contributed by atoms with Gasteiger partial charge < -0.3 is 4.74 Å². The second kappa shape index (κ2) is 6.52. The van der Waals surface area contributed by atoms with Gasteiger partial charge >= 0.3 is 0 Å². The van der Waals surface area contributed by atoms with Crippen molar-refractivity contribution in [1.82, 2.24) is 0 Å². The predicted octanol–water partition coefficient (Wildman–Crippen LogP) is 5.17.